The third kappa shape index (κ3) is 2.88. The zero-order chi connectivity index (χ0) is 13.1. The molecule has 2 N–H and O–H groups in total. The number of nitrogens with two attached hydrogens (primary N) is 1. The fourth-order valence-electron chi connectivity index (χ4n) is 1.91. The van der Waals surface area contributed by atoms with Gasteiger partial charge < -0.3 is 5.73 Å². The number of hydrogen-bond acceptors (Lipinski definition) is 3. The number of anilines is 1. The molecule has 0 amide bonds. The summed E-state index contributed by atoms with van der Waals surface area (Å²) in [6.45, 7) is 0. The molecule has 94 valence electrons. The van der Waals surface area contributed by atoms with Crippen LogP contribution in [-0.4, -0.2) is 4.98 Å². The molecule has 3 heteroatoms. The van der Waals surface area contributed by atoms with Crippen molar-refractivity contribution in [1.82, 2.24) is 4.98 Å². The van der Waals surface area contributed by atoms with Crippen molar-refractivity contribution in [2.75, 3.05) is 5.73 Å². The van der Waals surface area contributed by atoms with Crippen LogP contribution in [0.1, 0.15) is 5.69 Å². The molecule has 0 atom stereocenters. The Balaban J connectivity index is 1.76. The van der Waals surface area contributed by atoms with E-state index in [1.54, 1.807) is 11.8 Å². The lowest BCUT2D eigenvalue weighted by atomic mass is 10.2. The minimum absolute atomic E-state index is 0.799. The van der Waals surface area contributed by atoms with Crippen molar-refractivity contribution in [3.8, 4) is 0 Å². The van der Waals surface area contributed by atoms with Crippen LogP contribution in [0.25, 0.3) is 10.9 Å². The predicted molar refractivity (Wildman–Crippen MR) is 82.2 cm³/mol. The highest BCUT2D eigenvalue weighted by atomic mass is 32.2. The topological polar surface area (TPSA) is 38.9 Å². The molecule has 0 aliphatic rings. The number of para-hydroxylation sites is 1. The Hall–Kier alpha value is -2.00. The Bertz CT molecular complexity index is 692. The Labute approximate surface area is 116 Å². The van der Waals surface area contributed by atoms with E-state index in [-0.39, 0.29) is 0 Å². The third-order valence-corrected chi connectivity index (χ3v) is 3.97. The number of nitrogens with zero attached hydrogens (tertiary/aromatic N) is 1. The largest absolute Gasteiger partial charge is 0.399 e. The molecule has 19 heavy (non-hydrogen) atoms. The summed E-state index contributed by atoms with van der Waals surface area (Å²) in [5, 5.41) is 1.18. The predicted octanol–water partition coefficient (Wildman–Crippen LogP) is 4.11. The lowest BCUT2D eigenvalue weighted by Gasteiger charge is -2.03. The maximum Gasteiger partial charge on any atom is 0.0705 e. The molecule has 2 aromatic carbocycles. The first-order valence-corrected chi connectivity index (χ1v) is 7.13. The first-order chi connectivity index (χ1) is 9.31. The van der Waals surface area contributed by atoms with Crippen LogP contribution < -0.4 is 5.73 Å². The van der Waals surface area contributed by atoms with E-state index in [1.807, 2.05) is 42.5 Å². The van der Waals surface area contributed by atoms with Gasteiger partial charge >= 0.3 is 0 Å². The highest BCUT2D eigenvalue weighted by molar-refractivity contribution is 7.98. The summed E-state index contributed by atoms with van der Waals surface area (Å²) in [5.74, 6) is 0.870. The highest BCUT2D eigenvalue weighted by Gasteiger charge is 2.00. The summed E-state index contributed by atoms with van der Waals surface area (Å²) >= 11 is 1.77. The van der Waals surface area contributed by atoms with E-state index in [2.05, 4.69) is 23.2 Å². The molecule has 0 unspecified atom stereocenters. The van der Waals surface area contributed by atoms with Gasteiger partial charge in [-0.2, -0.15) is 0 Å². The molecule has 0 aliphatic carbocycles. The maximum absolute atomic E-state index is 5.67. The van der Waals surface area contributed by atoms with Crippen LogP contribution in [0.5, 0.6) is 0 Å². The molecule has 0 fully saturated rings. The molecule has 0 radical (unpaired) electrons. The summed E-state index contributed by atoms with van der Waals surface area (Å²) in [5.41, 5.74) is 8.63. The normalized spacial score (nSPS) is 10.7. The summed E-state index contributed by atoms with van der Waals surface area (Å²) in [6.07, 6.45) is 0. The molecule has 0 saturated carbocycles. The van der Waals surface area contributed by atoms with Gasteiger partial charge in [0.2, 0.25) is 0 Å². The van der Waals surface area contributed by atoms with Crippen molar-refractivity contribution >= 4 is 28.4 Å². The van der Waals surface area contributed by atoms with Crippen LogP contribution in [0.2, 0.25) is 0 Å². The lowest BCUT2D eigenvalue weighted by molar-refractivity contribution is 1.22. The van der Waals surface area contributed by atoms with Gasteiger partial charge in [-0.3, -0.25) is 4.98 Å². The fourth-order valence-corrected chi connectivity index (χ4v) is 2.71. The monoisotopic (exact) mass is 266 g/mol. The minimum Gasteiger partial charge on any atom is -0.399 e. The molecule has 1 heterocycles. The van der Waals surface area contributed by atoms with Crippen LogP contribution in [0, 0.1) is 0 Å². The number of hydrogen-bond donors (Lipinski definition) is 1. The first-order valence-electron chi connectivity index (χ1n) is 6.14. The third-order valence-electron chi connectivity index (χ3n) is 2.92. The van der Waals surface area contributed by atoms with Crippen molar-refractivity contribution < 1.29 is 0 Å². The second-order valence-electron chi connectivity index (χ2n) is 4.35. The SMILES string of the molecule is Nc1ccc(SCc2ccc3ccccc3n2)cc1. The maximum atomic E-state index is 5.67. The minimum atomic E-state index is 0.799. The zero-order valence-electron chi connectivity index (χ0n) is 10.4. The van der Waals surface area contributed by atoms with Crippen LogP contribution >= 0.6 is 11.8 Å². The molecule has 0 bridgehead atoms. The van der Waals surface area contributed by atoms with Crippen LogP contribution in [0.3, 0.4) is 0 Å². The molecular formula is C16H14N2S. The Kier molecular flexibility index (Phi) is 3.38. The van der Waals surface area contributed by atoms with Gasteiger partial charge in [-0.1, -0.05) is 24.3 Å². The lowest BCUT2D eigenvalue weighted by Crippen LogP contribution is -1.88. The second-order valence-corrected chi connectivity index (χ2v) is 5.40. The van der Waals surface area contributed by atoms with Crippen molar-refractivity contribution in [2.45, 2.75) is 10.6 Å². The second kappa shape index (κ2) is 5.33. The summed E-state index contributed by atoms with van der Waals surface area (Å²) in [6, 6.07) is 20.3. The molecule has 0 spiro atoms. The van der Waals surface area contributed by atoms with E-state index >= 15 is 0 Å². The van der Waals surface area contributed by atoms with Gasteiger partial charge in [-0.05, 0) is 36.4 Å². The van der Waals surface area contributed by atoms with Gasteiger partial charge in [0.05, 0.1) is 11.2 Å². The van der Waals surface area contributed by atoms with Gasteiger partial charge in [0.15, 0.2) is 0 Å². The summed E-state index contributed by atoms with van der Waals surface area (Å²) in [7, 11) is 0. The standard InChI is InChI=1S/C16H14N2S/c17-13-6-9-15(10-7-13)19-11-14-8-5-12-3-1-2-4-16(12)18-14/h1-10H,11,17H2. The van der Waals surface area contributed by atoms with Gasteiger partial charge in [-0.25, -0.2) is 0 Å². The van der Waals surface area contributed by atoms with Crippen LogP contribution in [0.15, 0.2) is 65.6 Å². The van der Waals surface area contributed by atoms with Gasteiger partial charge in [-0.15, -0.1) is 11.8 Å². The van der Waals surface area contributed by atoms with E-state index in [0.29, 0.717) is 0 Å². The number of aromatic nitrogens is 1. The molecule has 1 aromatic heterocycles. The van der Waals surface area contributed by atoms with Crippen molar-refractivity contribution in [1.29, 1.82) is 0 Å². The molecule has 0 aliphatic heterocycles. The van der Waals surface area contributed by atoms with Crippen molar-refractivity contribution in [3.63, 3.8) is 0 Å². The summed E-state index contributed by atoms with van der Waals surface area (Å²) < 4.78 is 0. The number of benzene rings is 2. The van der Waals surface area contributed by atoms with E-state index in [4.69, 9.17) is 5.73 Å². The van der Waals surface area contributed by atoms with Gasteiger partial charge in [0, 0.05) is 21.7 Å². The quantitative estimate of drug-likeness (QED) is 0.573. The van der Waals surface area contributed by atoms with Crippen molar-refractivity contribution in [2.24, 2.45) is 0 Å². The number of thioether (sulfide) groups is 1. The number of pyridine rings is 1. The van der Waals surface area contributed by atoms with E-state index in [0.717, 1.165) is 22.7 Å². The highest BCUT2D eigenvalue weighted by Crippen LogP contribution is 2.23. The fraction of sp³-hybridized carbons (Fsp3) is 0.0625. The smallest absolute Gasteiger partial charge is 0.0705 e. The molecule has 3 aromatic rings. The van der Waals surface area contributed by atoms with E-state index in [9.17, 15) is 0 Å². The Morgan fingerprint density at radius 3 is 2.53 bits per heavy atom. The number of rotatable bonds is 3. The van der Waals surface area contributed by atoms with E-state index < -0.39 is 0 Å². The average molecular weight is 266 g/mol. The van der Waals surface area contributed by atoms with Crippen molar-refractivity contribution in [3.05, 3.63) is 66.4 Å². The Morgan fingerprint density at radius 2 is 1.68 bits per heavy atom. The Morgan fingerprint density at radius 1 is 0.895 bits per heavy atom. The number of fused-ring (bicyclic) bond motifs is 1. The molecular weight excluding hydrogens is 252 g/mol. The van der Waals surface area contributed by atoms with E-state index in [1.165, 1.54) is 10.3 Å². The summed E-state index contributed by atoms with van der Waals surface area (Å²) in [4.78, 5) is 5.87. The molecule has 2 nitrogen and oxygen atoms in total. The van der Waals surface area contributed by atoms with Crippen LogP contribution in [-0.2, 0) is 5.75 Å². The van der Waals surface area contributed by atoms with Gasteiger partial charge in [0.1, 0.15) is 0 Å². The van der Waals surface area contributed by atoms with Crippen LogP contribution in [0.4, 0.5) is 5.69 Å². The number of nitrogen functional groups attached to an aromatic ring is 1. The molecule has 3 rings (SSSR count). The molecule has 0 saturated heterocycles. The zero-order valence-corrected chi connectivity index (χ0v) is 11.2. The average Bonchev–Trinajstić information content (AvgIpc) is 2.46. The first kappa shape index (κ1) is 12.1. The van der Waals surface area contributed by atoms with Gasteiger partial charge in [0.25, 0.3) is 0 Å².